The molecule has 2 aromatic heterocycles. The van der Waals surface area contributed by atoms with Crippen molar-refractivity contribution < 1.29 is 4.42 Å². The van der Waals surface area contributed by atoms with Crippen LogP contribution in [0.25, 0.3) is 17.1 Å². The minimum Gasteiger partial charge on any atom is -0.462 e. The molecule has 0 radical (unpaired) electrons. The molecule has 3 aromatic rings. The van der Waals surface area contributed by atoms with Gasteiger partial charge < -0.3 is 9.40 Å². The van der Waals surface area contributed by atoms with Crippen molar-refractivity contribution in [2.24, 2.45) is 0 Å². The Hall–Kier alpha value is -2.45. The fraction of sp³-hybridized carbons (Fsp3) is 0.0667. The highest BCUT2D eigenvalue weighted by atomic mass is 32.2. The third kappa shape index (κ3) is 2.60. The van der Waals surface area contributed by atoms with Gasteiger partial charge in [-0.25, -0.2) is 4.98 Å². The lowest BCUT2D eigenvalue weighted by atomic mass is 10.3. The minimum absolute atomic E-state index is 0.526. The summed E-state index contributed by atoms with van der Waals surface area (Å²) in [4.78, 5) is 8.14. The third-order valence-electron chi connectivity index (χ3n) is 2.72. The van der Waals surface area contributed by atoms with Gasteiger partial charge in [-0.3, -0.25) is 0 Å². The maximum absolute atomic E-state index is 9.21. The number of nitrogens with zero attached hydrogens (tertiary/aromatic N) is 2. The monoisotopic (exact) mass is 281 g/mol. The number of aromatic amines is 1. The van der Waals surface area contributed by atoms with E-state index >= 15 is 0 Å². The van der Waals surface area contributed by atoms with Crippen LogP contribution < -0.4 is 0 Å². The van der Waals surface area contributed by atoms with Crippen LogP contribution in [0.3, 0.4) is 0 Å². The second-order valence-corrected chi connectivity index (χ2v) is 5.26. The average molecular weight is 281 g/mol. The standard InChI is InChI=1S/C15H11N3OS/c1-10-6-7-11(19-10)8-12(9-16)20-15-17-13-4-2-3-5-14(13)18-15/h2-8H,1H3,(H,17,18)/b12-8+. The van der Waals surface area contributed by atoms with Gasteiger partial charge >= 0.3 is 0 Å². The molecule has 0 bridgehead atoms. The minimum atomic E-state index is 0.526. The van der Waals surface area contributed by atoms with Gasteiger partial charge in [-0.1, -0.05) is 12.1 Å². The molecule has 0 spiro atoms. The highest BCUT2D eigenvalue weighted by molar-refractivity contribution is 8.03. The first-order valence-electron chi connectivity index (χ1n) is 6.05. The largest absolute Gasteiger partial charge is 0.462 e. The third-order valence-corrected chi connectivity index (χ3v) is 3.53. The molecule has 0 atom stereocenters. The maximum Gasteiger partial charge on any atom is 0.171 e. The van der Waals surface area contributed by atoms with Gasteiger partial charge in [0, 0.05) is 6.08 Å². The average Bonchev–Trinajstić information content (AvgIpc) is 3.03. The van der Waals surface area contributed by atoms with E-state index in [9.17, 15) is 5.26 Å². The number of para-hydroxylation sites is 2. The zero-order valence-electron chi connectivity index (χ0n) is 10.8. The number of aryl methyl sites for hydroxylation is 1. The van der Waals surface area contributed by atoms with Gasteiger partial charge in [-0.05, 0) is 43.0 Å². The van der Waals surface area contributed by atoms with Crippen LogP contribution in [0.2, 0.25) is 0 Å². The molecule has 1 N–H and O–H groups in total. The first kappa shape index (κ1) is 12.6. The van der Waals surface area contributed by atoms with Gasteiger partial charge in [-0.15, -0.1) is 0 Å². The summed E-state index contributed by atoms with van der Waals surface area (Å²) in [5, 5.41) is 9.90. The molecule has 98 valence electrons. The number of H-pyrrole nitrogens is 1. The SMILES string of the molecule is Cc1ccc(/C=C(\C#N)Sc2nc3ccccc3[nH]2)o1. The number of imidazole rings is 1. The molecule has 1 aromatic carbocycles. The number of furan rings is 1. The van der Waals surface area contributed by atoms with E-state index in [0.717, 1.165) is 16.8 Å². The normalized spacial score (nSPS) is 11.7. The van der Waals surface area contributed by atoms with Gasteiger partial charge in [0.05, 0.1) is 15.9 Å². The summed E-state index contributed by atoms with van der Waals surface area (Å²) in [6.07, 6.45) is 1.71. The zero-order valence-corrected chi connectivity index (χ0v) is 11.6. The summed E-state index contributed by atoms with van der Waals surface area (Å²) in [7, 11) is 0. The van der Waals surface area contributed by atoms with Crippen molar-refractivity contribution in [1.29, 1.82) is 5.26 Å². The molecular formula is C15H11N3OS. The number of allylic oxidation sites excluding steroid dienone is 1. The van der Waals surface area contributed by atoms with Crippen LogP contribution in [-0.2, 0) is 0 Å². The highest BCUT2D eigenvalue weighted by Crippen LogP contribution is 2.27. The Morgan fingerprint density at radius 3 is 2.90 bits per heavy atom. The lowest BCUT2D eigenvalue weighted by Crippen LogP contribution is -1.76. The molecule has 0 aliphatic rings. The Morgan fingerprint density at radius 1 is 1.35 bits per heavy atom. The van der Waals surface area contributed by atoms with Crippen LogP contribution in [0.5, 0.6) is 0 Å². The van der Waals surface area contributed by atoms with Gasteiger partial charge in [0.15, 0.2) is 5.16 Å². The van der Waals surface area contributed by atoms with Crippen LogP contribution in [0.1, 0.15) is 11.5 Å². The number of thioether (sulfide) groups is 1. The van der Waals surface area contributed by atoms with Crippen molar-refractivity contribution in [2.75, 3.05) is 0 Å². The van der Waals surface area contributed by atoms with Gasteiger partial charge in [0.1, 0.15) is 17.6 Å². The van der Waals surface area contributed by atoms with Gasteiger partial charge in [0.2, 0.25) is 0 Å². The van der Waals surface area contributed by atoms with Gasteiger partial charge in [-0.2, -0.15) is 5.26 Å². The number of rotatable bonds is 3. The number of hydrogen-bond acceptors (Lipinski definition) is 4. The summed E-state index contributed by atoms with van der Waals surface area (Å²) in [6.45, 7) is 1.87. The number of hydrogen-bond donors (Lipinski definition) is 1. The Morgan fingerprint density at radius 2 is 2.20 bits per heavy atom. The number of fused-ring (bicyclic) bond motifs is 1. The first-order chi connectivity index (χ1) is 9.74. The first-order valence-corrected chi connectivity index (χ1v) is 6.87. The quantitative estimate of drug-likeness (QED) is 0.579. The summed E-state index contributed by atoms with van der Waals surface area (Å²) in [5.41, 5.74) is 1.85. The molecule has 5 heteroatoms. The topological polar surface area (TPSA) is 65.6 Å². The van der Waals surface area contributed by atoms with Crippen LogP contribution in [0, 0.1) is 18.3 Å². The molecular weight excluding hydrogens is 270 g/mol. The van der Waals surface area contributed by atoms with E-state index in [1.165, 1.54) is 11.8 Å². The smallest absolute Gasteiger partial charge is 0.171 e. The Bertz CT molecular complexity index is 790. The van der Waals surface area contributed by atoms with Crippen molar-refractivity contribution in [1.82, 2.24) is 9.97 Å². The van der Waals surface area contributed by atoms with Crippen LogP contribution >= 0.6 is 11.8 Å². The highest BCUT2D eigenvalue weighted by Gasteiger charge is 2.07. The van der Waals surface area contributed by atoms with Crippen molar-refractivity contribution >= 4 is 28.9 Å². The molecule has 3 rings (SSSR count). The van der Waals surface area contributed by atoms with E-state index in [0.29, 0.717) is 15.8 Å². The molecule has 0 aliphatic carbocycles. The van der Waals surface area contributed by atoms with E-state index < -0.39 is 0 Å². The summed E-state index contributed by atoms with van der Waals surface area (Å²) in [6, 6.07) is 13.6. The maximum atomic E-state index is 9.21. The Kier molecular flexibility index (Phi) is 3.32. The van der Waals surface area contributed by atoms with Crippen LogP contribution in [0.4, 0.5) is 0 Å². The second kappa shape index (κ2) is 5.27. The molecule has 2 heterocycles. The van der Waals surface area contributed by atoms with Crippen LogP contribution in [-0.4, -0.2) is 9.97 Å². The lowest BCUT2D eigenvalue weighted by molar-refractivity contribution is 0.525. The van der Waals surface area contributed by atoms with Crippen molar-refractivity contribution in [3.63, 3.8) is 0 Å². The molecule has 0 saturated heterocycles. The molecule has 0 saturated carbocycles. The molecule has 0 amide bonds. The summed E-state index contributed by atoms with van der Waals surface area (Å²) in [5.74, 6) is 1.49. The number of nitrogens with one attached hydrogen (secondary N) is 1. The number of aromatic nitrogens is 2. The predicted molar refractivity (Wildman–Crippen MR) is 79.0 cm³/mol. The number of nitriles is 1. The predicted octanol–water partition coefficient (Wildman–Crippen LogP) is 4.12. The fourth-order valence-electron chi connectivity index (χ4n) is 1.83. The molecule has 0 fully saturated rings. The summed E-state index contributed by atoms with van der Waals surface area (Å²) < 4.78 is 5.44. The van der Waals surface area contributed by atoms with E-state index in [1.807, 2.05) is 43.3 Å². The molecule has 4 nitrogen and oxygen atoms in total. The van der Waals surface area contributed by atoms with Crippen molar-refractivity contribution in [2.45, 2.75) is 12.1 Å². The Labute approximate surface area is 120 Å². The van der Waals surface area contributed by atoms with E-state index in [1.54, 1.807) is 6.08 Å². The van der Waals surface area contributed by atoms with E-state index in [2.05, 4.69) is 16.0 Å². The van der Waals surface area contributed by atoms with Crippen molar-refractivity contribution in [3.05, 3.63) is 52.8 Å². The van der Waals surface area contributed by atoms with E-state index in [-0.39, 0.29) is 0 Å². The Balaban J connectivity index is 1.88. The summed E-state index contributed by atoms with van der Waals surface area (Å²) >= 11 is 1.29. The fourth-order valence-corrected chi connectivity index (χ4v) is 2.56. The molecule has 0 unspecified atom stereocenters. The van der Waals surface area contributed by atoms with E-state index in [4.69, 9.17) is 4.42 Å². The lowest BCUT2D eigenvalue weighted by Gasteiger charge is -1.93. The second-order valence-electron chi connectivity index (χ2n) is 4.23. The van der Waals surface area contributed by atoms with Crippen molar-refractivity contribution in [3.8, 4) is 6.07 Å². The molecule has 20 heavy (non-hydrogen) atoms. The zero-order chi connectivity index (χ0) is 13.9. The number of benzene rings is 1. The van der Waals surface area contributed by atoms with Crippen LogP contribution in [0.15, 0.2) is 50.9 Å². The van der Waals surface area contributed by atoms with Gasteiger partial charge in [0.25, 0.3) is 0 Å². The molecule has 0 aliphatic heterocycles.